The molecule has 0 aromatic heterocycles. The summed E-state index contributed by atoms with van der Waals surface area (Å²) in [4.78, 5) is 12.4. The second-order valence-electron chi connectivity index (χ2n) is 6.90. The van der Waals surface area contributed by atoms with Gasteiger partial charge in [-0.3, -0.25) is 0 Å². The van der Waals surface area contributed by atoms with E-state index in [2.05, 4.69) is 22.0 Å². The first-order valence-electron chi connectivity index (χ1n) is 9.22. The zero-order valence-corrected chi connectivity index (χ0v) is 17.6. The van der Waals surface area contributed by atoms with Gasteiger partial charge < -0.3 is 15.2 Å². The molecule has 0 spiro atoms. The molecule has 0 bridgehead atoms. The molecular formula is C24H17BrN2O3. The summed E-state index contributed by atoms with van der Waals surface area (Å²) in [6.45, 7) is 1.95. The van der Waals surface area contributed by atoms with Crippen LogP contribution >= 0.6 is 15.9 Å². The van der Waals surface area contributed by atoms with E-state index in [0.717, 1.165) is 21.2 Å². The number of nitrogens with two attached hydrogens (primary N) is 1. The topological polar surface area (TPSA) is 85.3 Å². The molecule has 0 aliphatic carbocycles. The number of nitrogens with zero attached hydrogens (tertiary/aromatic N) is 1. The van der Waals surface area contributed by atoms with E-state index in [1.54, 1.807) is 30.3 Å². The fourth-order valence-corrected chi connectivity index (χ4v) is 3.90. The molecular weight excluding hydrogens is 444 g/mol. The summed E-state index contributed by atoms with van der Waals surface area (Å²) >= 11 is 3.56. The molecule has 1 aliphatic rings. The van der Waals surface area contributed by atoms with Crippen LogP contribution in [0.15, 0.2) is 82.7 Å². The number of allylic oxidation sites excluding steroid dienone is 1. The largest absolute Gasteiger partial charge is 0.440 e. The lowest BCUT2D eigenvalue weighted by molar-refractivity contribution is 0.0734. The lowest BCUT2D eigenvalue weighted by Crippen LogP contribution is -2.21. The monoisotopic (exact) mass is 460 g/mol. The molecule has 1 unspecified atom stereocenters. The molecule has 4 rings (SSSR count). The number of benzene rings is 3. The predicted octanol–water partition coefficient (Wildman–Crippen LogP) is 5.19. The number of ether oxygens (including phenoxy) is 2. The summed E-state index contributed by atoms with van der Waals surface area (Å²) in [5.41, 5.74) is 9.56. The van der Waals surface area contributed by atoms with Crippen molar-refractivity contribution in [3.63, 3.8) is 0 Å². The molecule has 0 amide bonds. The van der Waals surface area contributed by atoms with Gasteiger partial charge in [-0.25, -0.2) is 4.79 Å². The second kappa shape index (κ2) is 8.05. The fraction of sp³-hybridized carbons (Fsp3) is 0.0833. The SMILES string of the molecule is Cc1ccc(C(=O)Oc2ccc3c(c2)OC(N)=C(C#N)C3c2ccccc2Br)cc1. The molecule has 3 aromatic rings. The fourth-order valence-electron chi connectivity index (χ4n) is 3.38. The highest BCUT2D eigenvalue weighted by atomic mass is 79.9. The van der Waals surface area contributed by atoms with Gasteiger partial charge >= 0.3 is 5.97 Å². The van der Waals surface area contributed by atoms with E-state index < -0.39 is 11.9 Å². The Labute approximate surface area is 182 Å². The van der Waals surface area contributed by atoms with Gasteiger partial charge in [0.2, 0.25) is 5.88 Å². The average Bonchev–Trinajstić information content (AvgIpc) is 2.73. The van der Waals surface area contributed by atoms with Gasteiger partial charge in [0.25, 0.3) is 0 Å². The van der Waals surface area contributed by atoms with Crippen LogP contribution in [0.25, 0.3) is 0 Å². The maximum atomic E-state index is 12.4. The van der Waals surface area contributed by atoms with Crippen molar-refractivity contribution in [2.75, 3.05) is 0 Å². The van der Waals surface area contributed by atoms with E-state index in [1.165, 1.54) is 0 Å². The third-order valence-electron chi connectivity index (χ3n) is 4.90. The molecule has 0 radical (unpaired) electrons. The smallest absolute Gasteiger partial charge is 0.343 e. The minimum atomic E-state index is -0.464. The van der Waals surface area contributed by atoms with Crippen LogP contribution in [0.3, 0.4) is 0 Å². The quantitative estimate of drug-likeness (QED) is 0.429. The summed E-state index contributed by atoms with van der Waals surface area (Å²) < 4.78 is 12.1. The molecule has 1 aliphatic heterocycles. The number of halogens is 1. The van der Waals surface area contributed by atoms with Crippen LogP contribution in [0.4, 0.5) is 0 Å². The number of nitriles is 1. The van der Waals surface area contributed by atoms with Gasteiger partial charge in [0, 0.05) is 16.1 Å². The van der Waals surface area contributed by atoms with Crippen LogP contribution in [0.2, 0.25) is 0 Å². The summed E-state index contributed by atoms with van der Waals surface area (Å²) in [5.74, 6) is -0.0434. The first-order chi connectivity index (χ1) is 14.5. The van der Waals surface area contributed by atoms with Gasteiger partial charge in [0.1, 0.15) is 23.1 Å². The van der Waals surface area contributed by atoms with Crippen LogP contribution in [-0.4, -0.2) is 5.97 Å². The van der Waals surface area contributed by atoms with E-state index in [4.69, 9.17) is 15.2 Å². The Kier molecular flexibility index (Phi) is 5.30. The van der Waals surface area contributed by atoms with E-state index in [0.29, 0.717) is 22.6 Å². The summed E-state index contributed by atoms with van der Waals surface area (Å²) in [6.07, 6.45) is 0. The molecule has 1 atom stereocenters. The number of rotatable bonds is 3. The number of carbonyl (C=O) groups is 1. The van der Waals surface area contributed by atoms with Crippen molar-refractivity contribution >= 4 is 21.9 Å². The summed E-state index contributed by atoms with van der Waals surface area (Å²) in [7, 11) is 0. The average molecular weight is 461 g/mol. The molecule has 5 nitrogen and oxygen atoms in total. The van der Waals surface area contributed by atoms with Crippen molar-refractivity contribution < 1.29 is 14.3 Å². The molecule has 2 N–H and O–H groups in total. The van der Waals surface area contributed by atoms with E-state index in [1.807, 2.05) is 43.3 Å². The highest BCUT2D eigenvalue weighted by Gasteiger charge is 2.32. The molecule has 148 valence electrons. The highest BCUT2D eigenvalue weighted by Crippen LogP contribution is 2.45. The van der Waals surface area contributed by atoms with Gasteiger partial charge in [-0.1, -0.05) is 57.9 Å². The Bertz CT molecular complexity index is 1210. The maximum Gasteiger partial charge on any atom is 0.343 e. The molecule has 3 aromatic carbocycles. The second-order valence-corrected chi connectivity index (χ2v) is 7.76. The van der Waals surface area contributed by atoms with E-state index >= 15 is 0 Å². The molecule has 1 heterocycles. The number of hydrogen-bond acceptors (Lipinski definition) is 5. The lowest BCUT2D eigenvalue weighted by Gasteiger charge is -2.27. The first kappa shape index (κ1) is 19.7. The van der Waals surface area contributed by atoms with Crippen LogP contribution in [0, 0.1) is 18.3 Å². The Hall–Kier alpha value is -3.56. The molecule has 0 fully saturated rings. The van der Waals surface area contributed by atoms with Crippen LogP contribution in [0.1, 0.15) is 33.0 Å². The van der Waals surface area contributed by atoms with Crippen molar-refractivity contribution in [2.45, 2.75) is 12.8 Å². The lowest BCUT2D eigenvalue weighted by atomic mass is 9.83. The minimum Gasteiger partial charge on any atom is -0.440 e. The van der Waals surface area contributed by atoms with Crippen molar-refractivity contribution in [3.8, 4) is 17.6 Å². The van der Waals surface area contributed by atoms with Crippen molar-refractivity contribution in [1.82, 2.24) is 0 Å². The standard InChI is InChI=1S/C24H17BrN2O3/c1-14-6-8-15(9-7-14)24(28)29-16-10-11-18-21(12-16)30-23(27)19(13-26)22(18)17-4-2-3-5-20(17)25/h2-12,22H,27H2,1H3. The van der Waals surface area contributed by atoms with Gasteiger partial charge in [-0.2, -0.15) is 5.26 Å². The van der Waals surface area contributed by atoms with Gasteiger partial charge in [-0.05, 0) is 36.8 Å². The Balaban J connectivity index is 1.70. The molecule has 0 saturated carbocycles. The number of esters is 1. The van der Waals surface area contributed by atoms with Gasteiger partial charge in [0.15, 0.2) is 0 Å². The van der Waals surface area contributed by atoms with Gasteiger partial charge in [0.05, 0.1) is 11.5 Å². The minimum absolute atomic E-state index is 0.0350. The molecule has 6 heteroatoms. The van der Waals surface area contributed by atoms with Crippen molar-refractivity contribution in [2.24, 2.45) is 5.73 Å². The number of hydrogen-bond donors (Lipinski definition) is 1. The Morgan fingerprint density at radius 2 is 1.83 bits per heavy atom. The van der Waals surface area contributed by atoms with Crippen molar-refractivity contribution in [3.05, 3.63) is 105 Å². The zero-order chi connectivity index (χ0) is 21.3. The van der Waals surface area contributed by atoms with Crippen LogP contribution < -0.4 is 15.2 Å². The number of fused-ring (bicyclic) bond motifs is 1. The predicted molar refractivity (Wildman–Crippen MR) is 116 cm³/mol. The Morgan fingerprint density at radius 3 is 2.53 bits per heavy atom. The Morgan fingerprint density at radius 1 is 1.10 bits per heavy atom. The third kappa shape index (κ3) is 3.68. The van der Waals surface area contributed by atoms with E-state index in [-0.39, 0.29) is 5.88 Å². The molecule has 0 saturated heterocycles. The zero-order valence-electron chi connectivity index (χ0n) is 16.1. The summed E-state index contributed by atoms with van der Waals surface area (Å²) in [5, 5.41) is 9.68. The van der Waals surface area contributed by atoms with Crippen LogP contribution in [0.5, 0.6) is 11.5 Å². The number of aryl methyl sites for hydroxylation is 1. The van der Waals surface area contributed by atoms with Crippen molar-refractivity contribution in [1.29, 1.82) is 5.26 Å². The summed E-state index contributed by atoms with van der Waals surface area (Å²) in [6, 6.07) is 22.0. The third-order valence-corrected chi connectivity index (χ3v) is 5.63. The highest BCUT2D eigenvalue weighted by molar-refractivity contribution is 9.10. The molecule has 30 heavy (non-hydrogen) atoms. The van der Waals surface area contributed by atoms with Gasteiger partial charge in [-0.15, -0.1) is 0 Å². The van der Waals surface area contributed by atoms with Crippen LogP contribution in [-0.2, 0) is 0 Å². The number of carbonyl (C=O) groups excluding carboxylic acids is 1. The first-order valence-corrected chi connectivity index (χ1v) is 10.0. The van der Waals surface area contributed by atoms with E-state index in [9.17, 15) is 10.1 Å². The maximum absolute atomic E-state index is 12.4. The normalized spacial score (nSPS) is 15.0.